The van der Waals surface area contributed by atoms with Crippen molar-refractivity contribution in [1.29, 1.82) is 0 Å². The second-order valence-corrected chi connectivity index (χ2v) is 6.03. The van der Waals surface area contributed by atoms with Crippen molar-refractivity contribution in [1.82, 2.24) is 0 Å². The Kier molecular flexibility index (Phi) is 2.89. The molecule has 1 aliphatic rings. The van der Waals surface area contributed by atoms with Crippen molar-refractivity contribution >= 4 is 18.2 Å². The highest BCUT2D eigenvalue weighted by molar-refractivity contribution is 7.81. The molecule has 0 aromatic rings. The zero-order valence-electron chi connectivity index (χ0n) is 7.54. The minimum absolute atomic E-state index is 0.0667. The van der Waals surface area contributed by atoms with Gasteiger partial charge in [0.2, 0.25) is 0 Å². The van der Waals surface area contributed by atoms with E-state index in [1.54, 1.807) is 0 Å². The summed E-state index contributed by atoms with van der Waals surface area (Å²) in [6.07, 6.45) is 0.810. The lowest BCUT2D eigenvalue weighted by Crippen LogP contribution is -2.38. The van der Waals surface area contributed by atoms with E-state index in [4.69, 9.17) is 20.3 Å². The monoisotopic (exact) mass is 212 g/mol. The first-order valence-corrected chi connectivity index (χ1v) is 6.47. The molecule has 1 aliphatic heterocycles. The zero-order valence-corrected chi connectivity index (χ0v) is 9.19. The second kappa shape index (κ2) is 3.30. The summed E-state index contributed by atoms with van der Waals surface area (Å²) >= 11 is 5.46. The Morgan fingerprint density at radius 3 is 2.75 bits per heavy atom. The van der Waals surface area contributed by atoms with Crippen LogP contribution in [0.1, 0.15) is 27.2 Å². The highest BCUT2D eigenvalue weighted by Gasteiger charge is 2.42. The van der Waals surface area contributed by atoms with Gasteiger partial charge < -0.3 is 0 Å². The van der Waals surface area contributed by atoms with Crippen molar-refractivity contribution in [2.75, 3.05) is 6.61 Å². The van der Waals surface area contributed by atoms with Crippen LogP contribution in [0.5, 0.6) is 0 Å². The van der Waals surface area contributed by atoms with Crippen molar-refractivity contribution in [3.8, 4) is 0 Å². The maximum Gasteiger partial charge on any atom is 0.424 e. The first kappa shape index (κ1) is 10.5. The van der Waals surface area contributed by atoms with Crippen molar-refractivity contribution in [2.24, 2.45) is 5.41 Å². The molecule has 3 nitrogen and oxygen atoms in total. The molecule has 0 amide bonds. The Balaban J connectivity index is 2.72. The van der Waals surface area contributed by atoms with Crippen LogP contribution in [0, 0.1) is 5.41 Å². The van der Waals surface area contributed by atoms with Crippen LogP contribution in [0.25, 0.3) is 0 Å². The number of hydrogen-bond acceptors (Lipinski definition) is 3. The van der Waals surface area contributed by atoms with E-state index >= 15 is 0 Å². The molecule has 12 heavy (non-hydrogen) atoms. The summed E-state index contributed by atoms with van der Waals surface area (Å²) in [4.78, 5) is 0. The summed E-state index contributed by atoms with van der Waals surface area (Å²) in [5.41, 5.74) is -0.0667. The quantitative estimate of drug-likeness (QED) is 0.627. The predicted molar refractivity (Wildman–Crippen MR) is 48.4 cm³/mol. The van der Waals surface area contributed by atoms with Gasteiger partial charge in [0, 0.05) is 16.7 Å². The Morgan fingerprint density at radius 1 is 1.75 bits per heavy atom. The highest BCUT2D eigenvalue weighted by Crippen LogP contribution is 2.60. The van der Waals surface area contributed by atoms with Crippen LogP contribution in [0.3, 0.4) is 0 Å². The van der Waals surface area contributed by atoms with Gasteiger partial charge in [0.15, 0.2) is 0 Å². The summed E-state index contributed by atoms with van der Waals surface area (Å²) in [5.74, 6) is 0. The third kappa shape index (κ3) is 2.02. The summed E-state index contributed by atoms with van der Waals surface area (Å²) in [7, 11) is 0. The topological polar surface area (TPSA) is 35.5 Å². The molecular weight excluding hydrogens is 199 g/mol. The molecule has 0 aromatic heterocycles. The maximum atomic E-state index is 11.2. The molecule has 0 aliphatic carbocycles. The van der Waals surface area contributed by atoms with E-state index in [0.717, 1.165) is 6.42 Å². The molecule has 3 atom stereocenters. The van der Waals surface area contributed by atoms with Crippen LogP contribution in [0.4, 0.5) is 0 Å². The Bertz CT molecular complexity index is 221. The molecule has 0 N–H and O–H groups in total. The first-order valence-electron chi connectivity index (χ1n) is 4.02. The SMILES string of the molecule is CCC1(C)COP(=O)(Cl)OC1C. The molecule has 72 valence electrons. The lowest BCUT2D eigenvalue weighted by Gasteiger charge is -2.39. The standard InChI is InChI=1S/C7H14ClO3P/c1-4-7(3)5-10-12(8,9)11-6(7)2/h6H,4-5H2,1-3H3. The smallest absolute Gasteiger partial charge is 0.296 e. The van der Waals surface area contributed by atoms with Crippen LogP contribution in [0.2, 0.25) is 0 Å². The lowest BCUT2D eigenvalue weighted by molar-refractivity contribution is -0.0220. The molecule has 1 saturated heterocycles. The highest BCUT2D eigenvalue weighted by atomic mass is 35.7. The average Bonchev–Trinajstić information content (AvgIpc) is 1.97. The van der Waals surface area contributed by atoms with Gasteiger partial charge in [-0.15, -0.1) is 0 Å². The molecule has 0 aromatic carbocycles. The van der Waals surface area contributed by atoms with Gasteiger partial charge in [0.25, 0.3) is 0 Å². The normalized spacial score (nSPS) is 49.2. The third-order valence-corrected chi connectivity index (χ3v) is 4.16. The molecule has 0 radical (unpaired) electrons. The van der Waals surface area contributed by atoms with Gasteiger partial charge in [-0.05, 0) is 13.3 Å². The second-order valence-electron chi connectivity index (χ2n) is 3.46. The number of rotatable bonds is 1. The Hall–Kier alpha value is 0.440. The first-order chi connectivity index (χ1) is 5.40. The summed E-state index contributed by atoms with van der Waals surface area (Å²) in [6, 6.07) is 0. The van der Waals surface area contributed by atoms with E-state index < -0.39 is 6.95 Å². The maximum absolute atomic E-state index is 11.2. The summed E-state index contributed by atoms with van der Waals surface area (Å²) in [6.45, 7) is 3.11. The van der Waals surface area contributed by atoms with Gasteiger partial charge in [-0.25, -0.2) is 4.57 Å². The molecule has 0 spiro atoms. The number of halogens is 1. The van der Waals surface area contributed by atoms with Crippen molar-refractivity contribution in [3.63, 3.8) is 0 Å². The zero-order chi connectivity index (χ0) is 9.41. The number of hydrogen-bond donors (Lipinski definition) is 0. The third-order valence-electron chi connectivity index (χ3n) is 2.62. The molecule has 1 fully saturated rings. The summed E-state index contributed by atoms with van der Waals surface area (Å²) in [5, 5.41) is 0. The van der Waals surface area contributed by atoms with Crippen LogP contribution in [0.15, 0.2) is 0 Å². The van der Waals surface area contributed by atoms with Crippen molar-refractivity contribution in [3.05, 3.63) is 0 Å². The van der Waals surface area contributed by atoms with Crippen molar-refractivity contribution in [2.45, 2.75) is 33.3 Å². The minimum atomic E-state index is -3.26. The summed E-state index contributed by atoms with van der Waals surface area (Å²) < 4.78 is 21.2. The molecule has 3 unspecified atom stereocenters. The fourth-order valence-electron chi connectivity index (χ4n) is 1.08. The predicted octanol–water partition coefficient (Wildman–Crippen LogP) is 3.18. The fourth-order valence-corrected chi connectivity index (χ4v) is 2.73. The van der Waals surface area contributed by atoms with E-state index in [-0.39, 0.29) is 11.5 Å². The average molecular weight is 213 g/mol. The van der Waals surface area contributed by atoms with Gasteiger partial charge in [-0.1, -0.05) is 13.8 Å². The van der Waals surface area contributed by atoms with Gasteiger partial charge in [-0.3, -0.25) is 9.05 Å². The molecule has 5 heteroatoms. The molecule has 1 heterocycles. The largest absolute Gasteiger partial charge is 0.424 e. The lowest BCUT2D eigenvalue weighted by atomic mass is 9.83. The van der Waals surface area contributed by atoms with Crippen LogP contribution in [-0.4, -0.2) is 12.7 Å². The Labute approximate surface area is 77.7 Å². The fraction of sp³-hybridized carbons (Fsp3) is 1.00. The Morgan fingerprint density at radius 2 is 2.33 bits per heavy atom. The van der Waals surface area contributed by atoms with Gasteiger partial charge >= 0.3 is 6.95 Å². The van der Waals surface area contributed by atoms with Gasteiger partial charge in [0.1, 0.15) is 0 Å². The van der Waals surface area contributed by atoms with Crippen molar-refractivity contribution < 1.29 is 13.6 Å². The molecular formula is C7H14ClO3P. The van der Waals surface area contributed by atoms with E-state index in [0.29, 0.717) is 6.61 Å². The van der Waals surface area contributed by atoms with E-state index in [1.165, 1.54) is 0 Å². The minimum Gasteiger partial charge on any atom is -0.296 e. The van der Waals surface area contributed by atoms with Crippen LogP contribution in [-0.2, 0) is 13.6 Å². The molecule has 0 bridgehead atoms. The van der Waals surface area contributed by atoms with Crippen LogP contribution >= 0.6 is 18.2 Å². The van der Waals surface area contributed by atoms with E-state index in [1.807, 2.05) is 20.8 Å². The molecule has 1 rings (SSSR count). The van der Waals surface area contributed by atoms with Gasteiger partial charge in [0.05, 0.1) is 12.7 Å². The van der Waals surface area contributed by atoms with Gasteiger partial charge in [-0.2, -0.15) is 0 Å². The van der Waals surface area contributed by atoms with E-state index in [2.05, 4.69) is 0 Å². The van der Waals surface area contributed by atoms with Crippen LogP contribution < -0.4 is 0 Å². The molecule has 0 saturated carbocycles. The van der Waals surface area contributed by atoms with E-state index in [9.17, 15) is 4.57 Å².